The van der Waals surface area contributed by atoms with Crippen LogP contribution >= 0.6 is 0 Å². The molecule has 6 nitrogen and oxygen atoms in total. The third kappa shape index (κ3) is 66.9. The van der Waals surface area contributed by atoms with Crippen molar-refractivity contribution in [2.75, 3.05) is 13.2 Å². The average Bonchev–Trinajstić information content (AvgIpc) is 3.48. The molecule has 0 aliphatic heterocycles. The van der Waals surface area contributed by atoms with E-state index in [4.69, 9.17) is 14.2 Å². The van der Waals surface area contributed by atoms with Gasteiger partial charge in [0.05, 0.1) is 0 Å². The van der Waals surface area contributed by atoms with Crippen LogP contribution < -0.4 is 0 Å². The van der Waals surface area contributed by atoms with Crippen molar-refractivity contribution in [2.24, 2.45) is 0 Å². The first-order valence-corrected chi connectivity index (χ1v) is 34.9. The third-order valence-corrected chi connectivity index (χ3v) is 15.0. The van der Waals surface area contributed by atoms with E-state index in [1.165, 1.54) is 173 Å². The second kappa shape index (κ2) is 69.6. The summed E-state index contributed by atoms with van der Waals surface area (Å²) in [6.45, 7) is 6.51. The van der Waals surface area contributed by atoms with E-state index >= 15 is 0 Å². The number of carbonyl (C=O) groups excluding carboxylic acids is 3. The second-order valence-corrected chi connectivity index (χ2v) is 23.1. The van der Waals surface area contributed by atoms with Gasteiger partial charge in [0.25, 0.3) is 0 Å². The van der Waals surface area contributed by atoms with E-state index in [-0.39, 0.29) is 31.1 Å². The quantitative estimate of drug-likeness (QED) is 0.0261. The summed E-state index contributed by atoms with van der Waals surface area (Å²) >= 11 is 0. The topological polar surface area (TPSA) is 78.9 Å². The maximum Gasteiger partial charge on any atom is 0.306 e. The lowest BCUT2D eigenvalue weighted by Gasteiger charge is -2.18. The molecule has 1 atom stereocenters. The molecular formula is C76H130O6. The van der Waals surface area contributed by atoms with Gasteiger partial charge in [0.15, 0.2) is 6.10 Å². The Balaban J connectivity index is 4.18. The molecule has 0 rings (SSSR count). The molecule has 0 aliphatic carbocycles. The molecule has 0 aromatic carbocycles. The Kier molecular flexibility index (Phi) is 66.2. The minimum absolute atomic E-state index is 0.0794. The van der Waals surface area contributed by atoms with E-state index in [1.54, 1.807) is 0 Å². The number of ether oxygens (including phenoxy) is 3. The summed E-state index contributed by atoms with van der Waals surface area (Å²) in [5.74, 6) is -0.880. The summed E-state index contributed by atoms with van der Waals surface area (Å²) in [6, 6.07) is 0. The molecule has 82 heavy (non-hydrogen) atoms. The van der Waals surface area contributed by atoms with Crippen LogP contribution in [0.15, 0.2) is 109 Å². The van der Waals surface area contributed by atoms with Gasteiger partial charge in [-0.3, -0.25) is 14.4 Å². The van der Waals surface area contributed by atoms with Crippen LogP contribution in [0.5, 0.6) is 0 Å². The molecule has 0 fully saturated rings. The molecule has 0 N–H and O–H groups in total. The average molecular weight is 1140 g/mol. The van der Waals surface area contributed by atoms with Crippen molar-refractivity contribution in [3.8, 4) is 0 Å². The van der Waals surface area contributed by atoms with Crippen LogP contribution in [-0.2, 0) is 28.6 Å². The third-order valence-electron chi connectivity index (χ3n) is 15.0. The number of allylic oxidation sites excluding steroid dienone is 18. The first-order chi connectivity index (χ1) is 40.5. The zero-order chi connectivity index (χ0) is 59.2. The standard InChI is InChI=1S/C76H130O6/c1-4-7-10-13-16-19-22-25-28-29-30-31-32-33-34-35-36-37-38-39-40-41-42-43-44-45-46-47-49-51-54-57-60-63-66-69-75(78)81-72-73(71-80-74(77)68-65-62-59-56-53-50-27-24-21-18-15-12-9-6-3)82-76(79)70-67-64-61-58-55-52-48-26-23-20-17-14-11-8-5-2/h7,10,15-16,18-19,24-25,27-28,30-31,33-34,36-37,39-40,73H,4-6,8-9,11-14,17,20-23,26,29,32,35,38,41-72H2,1-3H3/b10-7-,18-15-,19-16-,27-24-,28-25-,31-30-,34-33-,37-36-,40-39-. The summed E-state index contributed by atoms with van der Waals surface area (Å²) in [5, 5.41) is 0. The van der Waals surface area contributed by atoms with E-state index < -0.39 is 6.10 Å². The van der Waals surface area contributed by atoms with Crippen molar-refractivity contribution in [3.63, 3.8) is 0 Å². The minimum Gasteiger partial charge on any atom is -0.462 e. The summed E-state index contributed by atoms with van der Waals surface area (Å²) in [6.07, 6.45) is 95.4. The highest BCUT2D eigenvalue weighted by atomic mass is 16.6. The maximum absolute atomic E-state index is 12.9. The Bertz CT molecular complexity index is 1640. The van der Waals surface area contributed by atoms with E-state index in [0.717, 1.165) is 122 Å². The lowest BCUT2D eigenvalue weighted by molar-refractivity contribution is -0.167. The fourth-order valence-electron chi connectivity index (χ4n) is 9.79. The highest BCUT2D eigenvalue weighted by molar-refractivity contribution is 5.71. The SMILES string of the molecule is CC/C=C\C/C=C\C/C=C\C/C=C\C/C=C\C/C=C\C/C=C\CCCCCCCCCCCCCCCC(=O)OCC(COC(=O)CCCCCCC/C=C\C/C=C\CCCC)OC(=O)CCCCCCCCCCCCCCCCC. The molecule has 0 aromatic heterocycles. The van der Waals surface area contributed by atoms with Gasteiger partial charge >= 0.3 is 17.9 Å². The van der Waals surface area contributed by atoms with Crippen molar-refractivity contribution < 1.29 is 28.6 Å². The van der Waals surface area contributed by atoms with Crippen LogP contribution in [0.3, 0.4) is 0 Å². The highest BCUT2D eigenvalue weighted by Crippen LogP contribution is 2.17. The van der Waals surface area contributed by atoms with E-state index in [9.17, 15) is 14.4 Å². The van der Waals surface area contributed by atoms with Crippen LogP contribution in [0, 0.1) is 0 Å². The minimum atomic E-state index is -0.783. The molecule has 0 amide bonds. The zero-order valence-corrected chi connectivity index (χ0v) is 54.0. The van der Waals surface area contributed by atoms with E-state index in [1.807, 2.05) is 0 Å². The first-order valence-electron chi connectivity index (χ1n) is 34.9. The van der Waals surface area contributed by atoms with Gasteiger partial charge in [-0.15, -0.1) is 0 Å². The van der Waals surface area contributed by atoms with Crippen molar-refractivity contribution >= 4 is 17.9 Å². The smallest absolute Gasteiger partial charge is 0.306 e. The van der Waals surface area contributed by atoms with Gasteiger partial charge in [-0.25, -0.2) is 0 Å². The van der Waals surface area contributed by atoms with Crippen LogP contribution in [0.1, 0.15) is 335 Å². The Morgan fingerprint density at radius 2 is 0.488 bits per heavy atom. The summed E-state index contributed by atoms with van der Waals surface area (Å²) in [7, 11) is 0. The van der Waals surface area contributed by atoms with Gasteiger partial charge in [0.1, 0.15) is 13.2 Å². The molecule has 0 saturated heterocycles. The Morgan fingerprint density at radius 1 is 0.256 bits per heavy atom. The van der Waals surface area contributed by atoms with Crippen molar-refractivity contribution in [1.82, 2.24) is 0 Å². The summed E-state index contributed by atoms with van der Waals surface area (Å²) < 4.78 is 16.9. The summed E-state index contributed by atoms with van der Waals surface area (Å²) in [4.78, 5) is 38.3. The largest absolute Gasteiger partial charge is 0.462 e. The van der Waals surface area contributed by atoms with Gasteiger partial charge in [0.2, 0.25) is 0 Å². The molecule has 0 bridgehead atoms. The van der Waals surface area contributed by atoms with Gasteiger partial charge in [-0.1, -0.05) is 323 Å². The lowest BCUT2D eigenvalue weighted by Crippen LogP contribution is -2.30. The monoisotopic (exact) mass is 1140 g/mol. The second-order valence-electron chi connectivity index (χ2n) is 23.1. The van der Waals surface area contributed by atoms with Crippen LogP contribution in [0.2, 0.25) is 0 Å². The molecule has 0 heterocycles. The molecule has 470 valence electrons. The Labute approximate surface area is 508 Å². The van der Waals surface area contributed by atoms with Crippen molar-refractivity contribution in [2.45, 2.75) is 341 Å². The predicted octanol–water partition coefficient (Wildman–Crippen LogP) is 24.2. The summed E-state index contributed by atoms with van der Waals surface area (Å²) in [5.41, 5.74) is 0. The van der Waals surface area contributed by atoms with Gasteiger partial charge in [-0.2, -0.15) is 0 Å². The van der Waals surface area contributed by atoms with Crippen LogP contribution in [0.25, 0.3) is 0 Å². The molecule has 0 spiro atoms. The zero-order valence-electron chi connectivity index (χ0n) is 54.0. The molecule has 0 saturated carbocycles. The van der Waals surface area contributed by atoms with Crippen LogP contribution in [-0.4, -0.2) is 37.2 Å². The lowest BCUT2D eigenvalue weighted by atomic mass is 10.0. The number of esters is 3. The fraction of sp³-hybridized carbons (Fsp3) is 0.724. The number of carbonyl (C=O) groups is 3. The maximum atomic E-state index is 12.9. The molecule has 6 heteroatoms. The predicted molar refractivity (Wildman–Crippen MR) is 357 cm³/mol. The number of hydrogen-bond acceptors (Lipinski definition) is 6. The molecule has 0 radical (unpaired) electrons. The number of unbranched alkanes of at least 4 members (excludes halogenated alkanes) is 34. The Hall–Kier alpha value is -3.93. The van der Waals surface area contributed by atoms with Gasteiger partial charge < -0.3 is 14.2 Å². The Morgan fingerprint density at radius 3 is 0.780 bits per heavy atom. The number of hydrogen-bond donors (Lipinski definition) is 0. The van der Waals surface area contributed by atoms with E-state index in [2.05, 4.69) is 130 Å². The normalized spacial score (nSPS) is 12.8. The molecular weight excluding hydrogens is 1010 g/mol. The van der Waals surface area contributed by atoms with Gasteiger partial charge in [0, 0.05) is 19.3 Å². The first kappa shape index (κ1) is 78.1. The van der Waals surface area contributed by atoms with Crippen LogP contribution in [0.4, 0.5) is 0 Å². The molecule has 0 aromatic rings. The number of rotatable bonds is 63. The van der Waals surface area contributed by atoms with Crippen molar-refractivity contribution in [1.29, 1.82) is 0 Å². The highest BCUT2D eigenvalue weighted by Gasteiger charge is 2.19. The van der Waals surface area contributed by atoms with Gasteiger partial charge in [-0.05, 0) is 103 Å². The van der Waals surface area contributed by atoms with E-state index in [0.29, 0.717) is 19.3 Å². The fourth-order valence-corrected chi connectivity index (χ4v) is 9.79. The van der Waals surface area contributed by atoms with Crippen molar-refractivity contribution in [3.05, 3.63) is 109 Å². The molecule has 0 aliphatic rings. The molecule has 1 unspecified atom stereocenters.